The molecule has 0 bridgehead atoms. The molecule has 0 saturated carbocycles. The maximum absolute atomic E-state index is 14.0. The van der Waals surface area contributed by atoms with Crippen LogP contribution in [0.4, 0.5) is 0 Å². The van der Waals surface area contributed by atoms with Gasteiger partial charge in [0.15, 0.2) is 4.80 Å². The van der Waals surface area contributed by atoms with Crippen molar-refractivity contribution in [3.63, 3.8) is 0 Å². The number of carbonyl (C=O) groups excluding carboxylic acids is 1. The minimum absolute atomic E-state index is 0.206. The number of ether oxygens (including phenoxy) is 1. The molecule has 1 atom stereocenters. The molecule has 0 amide bonds. The molecule has 3 heterocycles. The van der Waals surface area contributed by atoms with E-state index in [4.69, 9.17) is 21.3 Å². The van der Waals surface area contributed by atoms with E-state index in [0.717, 1.165) is 28.2 Å². The minimum atomic E-state index is -0.676. The quantitative estimate of drug-likeness (QED) is 0.281. The number of fused-ring (bicyclic) bond motifs is 1. The van der Waals surface area contributed by atoms with Crippen molar-refractivity contribution in [1.82, 2.24) is 9.13 Å². The van der Waals surface area contributed by atoms with E-state index in [1.165, 1.54) is 22.5 Å². The molecule has 6 nitrogen and oxygen atoms in total. The number of hydrogen-bond acceptors (Lipinski definition) is 5. The highest BCUT2D eigenvalue weighted by Crippen LogP contribution is 2.31. The van der Waals surface area contributed by atoms with Gasteiger partial charge >= 0.3 is 5.97 Å². The number of allylic oxidation sites excluding steroid dienone is 1. The molecule has 5 rings (SSSR count). The zero-order valence-corrected chi connectivity index (χ0v) is 25.3. The Hall–Kier alpha value is -3.68. The fourth-order valence-electron chi connectivity index (χ4n) is 5.16. The summed E-state index contributed by atoms with van der Waals surface area (Å²) >= 11 is 7.49. The minimum Gasteiger partial charge on any atom is -0.459 e. The van der Waals surface area contributed by atoms with Crippen molar-refractivity contribution >= 4 is 35.0 Å². The molecule has 0 saturated heterocycles. The lowest BCUT2D eigenvalue weighted by Crippen LogP contribution is -2.40. The second kappa shape index (κ2) is 10.7. The number of thiazole rings is 1. The van der Waals surface area contributed by atoms with Crippen molar-refractivity contribution in [3.05, 3.63) is 118 Å². The molecule has 0 unspecified atom stereocenters. The van der Waals surface area contributed by atoms with Crippen molar-refractivity contribution < 1.29 is 9.53 Å². The highest BCUT2D eigenvalue weighted by molar-refractivity contribution is 7.07. The number of nitrogens with zero attached hydrogens (tertiary/aromatic N) is 3. The summed E-state index contributed by atoms with van der Waals surface area (Å²) in [4.78, 5) is 32.5. The molecule has 8 heteroatoms. The lowest BCUT2D eigenvalue weighted by molar-refractivity contribution is -0.143. The van der Waals surface area contributed by atoms with Crippen LogP contribution in [-0.2, 0) is 9.53 Å². The first-order chi connectivity index (χ1) is 19.0. The Kier molecular flexibility index (Phi) is 7.46. The van der Waals surface area contributed by atoms with E-state index in [9.17, 15) is 9.59 Å². The second-order valence-electron chi connectivity index (χ2n) is 10.5. The van der Waals surface area contributed by atoms with E-state index in [-0.39, 0.29) is 11.7 Å². The van der Waals surface area contributed by atoms with Crippen LogP contribution in [0, 0.1) is 27.7 Å². The van der Waals surface area contributed by atoms with Gasteiger partial charge in [-0.2, -0.15) is 0 Å². The number of aryl methyl sites for hydroxylation is 3. The highest BCUT2D eigenvalue weighted by Gasteiger charge is 2.33. The van der Waals surface area contributed by atoms with E-state index < -0.39 is 12.0 Å². The van der Waals surface area contributed by atoms with Crippen LogP contribution in [0.3, 0.4) is 0 Å². The van der Waals surface area contributed by atoms with Crippen LogP contribution in [-0.4, -0.2) is 21.2 Å². The molecular weight excluding hydrogens is 542 g/mol. The Bertz CT molecular complexity index is 1860. The predicted octanol–water partition coefficient (Wildman–Crippen LogP) is 5.86. The average molecular weight is 574 g/mol. The Balaban J connectivity index is 1.68. The van der Waals surface area contributed by atoms with Crippen molar-refractivity contribution in [1.29, 1.82) is 0 Å². The summed E-state index contributed by atoms with van der Waals surface area (Å²) in [5.41, 5.74) is 8.07. The Morgan fingerprint density at radius 2 is 1.73 bits per heavy atom. The number of benzene rings is 2. The SMILES string of the molecule is CC1=C(C(=O)OC(C)C)[C@@H](c2ccc(Cl)cc2)n2c(s/c(=C/c3cc(C)n(-c4ccc(C)c(C)c4)c3C)c2=O)=N1. The molecule has 0 aliphatic carbocycles. The van der Waals surface area contributed by atoms with Crippen molar-refractivity contribution in [2.24, 2.45) is 4.99 Å². The molecule has 0 fully saturated rings. The topological polar surface area (TPSA) is 65.6 Å². The standard InChI is InChI=1S/C32H32ClN3O3S/c1-17(2)39-31(38)28-21(6)34-32-36(29(28)23-9-11-25(33)12-10-23)30(37)27(40-32)16-24-15-20(5)35(22(24)7)26-13-8-18(3)19(4)14-26/h8-17,29H,1-7H3/b27-16+/t29-/m1/s1. The second-order valence-corrected chi connectivity index (χ2v) is 12.0. The average Bonchev–Trinajstić information content (AvgIpc) is 3.34. The van der Waals surface area contributed by atoms with Crippen molar-refractivity contribution in [2.75, 3.05) is 0 Å². The monoisotopic (exact) mass is 573 g/mol. The third kappa shape index (κ3) is 5.00. The predicted molar refractivity (Wildman–Crippen MR) is 161 cm³/mol. The van der Waals surface area contributed by atoms with Crippen LogP contribution < -0.4 is 14.9 Å². The molecule has 2 aromatic carbocycles. The first-order valence-corrected chi connectivity index (χ1v) is 14.4. The third-order valence-corrected chi connectivity index (χ3v) is 8.51. The van der Waals surface area contributed by atoms with Crippen LogP contribution in [0.5, 0.6) is 0 Å². The molecule has 1 aliphatic rings. The Morgan fingerprint density at radius 3 is 2.38 bits per heavy atom. The number of halogens is 1. The van der Waals surface area contributed by atoms with Crippen LogP contribution >= 0.6 is 22.9 Å². The largest absolute Gasteiger partial charge is 0.459 e. The number of aromatic nitrogens is 2. The maximum Gasteiger partial charge on any atom is 0.338 e. The number of carbonyl (C=O) groups is 1. The lowest BCUT2D eigenvalue weighted by Gasteiger charge is -2.25. The molecule has 0 radical (unpaired) electrons. The van der Waals surface area contributed by atoms with E-state index in [1.54, 1.807) is 37.5 Å². The summed E-state index contributed by atoms with van der Waals surface area (Å²) in [7, 11) is 0. The van der Waals surface area contributed by atoms with Gasteiger partial charge in [0, 0.05) is 22.1 Å². The number of esters is 1. The van der Waals surface area contributed by atoms with Crippen LogP contribution in [0.2, 0.25) is 5.02 Å². The van der Waals surface area contributed by atoms with Gasteiger partial charge in [0.25, 0.3) is 5.56 Å². The summed E-state index contributed by atoms with van der Waals surface area (Å²) in [5.74, 6) is -0.484. The van der Waals surface area contributed by atoms with Gasteiger partial charge in [-0.05, 0) is 107 Å². The van der Waals surface area contributed by atoms with Gasteiger partial charge in [0.2, 0.25) is 0 Å². The molecule has 4 aromatic rings. The van der Waals surface area contributed by atoms with Crippen LogP contribution in [0.25, 0.3) is 11.8 Å². The number of hydrogen-bond donors (Lipinski definition) is 0. The maximum atomic E-state index is 14.0. The van der Waals surface area contributed by atoms with Gasteiger partial charge in [-0.25, -0.2) is 9.79 Å². The number of rotatable bonds is 5. The molecule has 40 heavy (non-hydrogen) atoms. The fraction of sp³-hybridized carbons (Fsp3) is 0.281. The molecule has 0 N–H and O–H groups in total. The van der Waals surface area contributed by atoms with Gasteiger partial charge in [-0.3, -0.25) is 9.36 Å². The molecule has 2 aromatic heterocycles. The molecule has 206 valence electrons. The zero-order chi connectivity index (χ0) is 28.9. The molecular formula is C32H32ClN3O3S. The highest BCUT2D eigenvalue weighted by atomic mass is 35.5. The summed E-state index contributed by atoms with van der Waals surface area (Å²) in [6.45, 7) is 13.7. The summed E-state index contributed by atoms with van der Waals surface area (Å²) in [5, 5.41) is 0.572. The first-order valence-electron chi connectivity index (χ1n) is 13.2. The van der Waals surface area contributed by atoms with Crippen molar-refractivity contribution in [2.45, 2.75) is 60.6 Å². The summed E-state index contributed by atoms with van der Waals surface area (Å²) in [6.07, 6.45) is 1.62. The van der Waals surface area contributed by atoms with Gasteiger partial charge in [0.05, 0.1) is 27.9 Å². The smallest absolute Gasteiger partial charge is 0.338 e. The summed E-state index contributed by atoms with van der Waals surface area (Å²) < 4.78 is 9.93. The van der Waals surface area contributed by atoms with Crippen LogP contribution in [0.15, 0.2) is 69.6 Å². The Labute approximate surface area is 242 Å². The van der Waals surface area contributed by atoms with Gasteiger partial charge in [0.1, 0.15) is 0 Å². The van der Waals surface area contributed by atoms with E-state index in [2.05, 4.69) is 56.5 Å². The normalized spacial score (nSPS) is 15.4. The molecule has 0 spiro atoms. The van der Waals surface area contributed by atoms with Crippen LogP contribution in [0.1, 0.15) is 60.5 Å². The molecule has 1 aliphatic heterocycles. The van der Waals surface area contributed by atoms with Gasteiger partial charge in [-0.1, -0.05) is 41.1 Å². The fourth-order valence-corrected chi connectivity index (χ4v) is 6.32. The lowest BCUT2D eigenvalue weighted by atomic mass is 9.96. The third-order valence-electron chi connectivity index (χ3n) is 7.28. The first kappa shape index (κ1) is 27.9. The van der Waals surface area contributed by atoms with E-state index in [1.807, 2.05) is 18.2 Å². The van der Waals surface area contributed by atoms with Gasteiger partial charge in [-0.15, -0.1) is 0 Å². The summed E-state index contributed by atoms with van der Waals surface area (Å²) in [6, 6.07) is 15.0. The van der Waals surface area contributed by atoms with Gasteiger partial charge < -0.3 is 9.30 Å². The van der Waals surface area contributed by atoms with E-state index >= 15 is 0 Å². The van der Waals surface area contributed by atoms with E-state index in [0.29, 0.717) is 25.6 Å². The Morgan fingerprint density at radius 1 is 1.02 bits per heavy atom. The van der Waals surface area contributed by atoms with Crippen molar-refractivity contribution in [3.8, 4) is 5.69 Å². The zero-order valence-electron chi connectivity index (χ0n) is 23.7.